The summed E-state index contributed by atoms with van der Waals surface area (Å²) in [5.74, 6) is 0. The van der Waals surface area contributed by atoms with Crippen molar-refractivity contribution in [3.8, 4) is 50.2 Å². The van der Waals surface area contributed by atoms with E-state index in [1.54, 1.807) is 0 Å². The van der Waals surface area contributed by atoms with Crippen LogP contribution >= 0.6 is 0 Å². The van der Waals surface area contributed by atoms with E-state index >= 15 is 0 Å². The molecule has 3 nitrogen and oxygen atoms in total. The Morgan fingerprint density at radius 1 is 0.302 bits per heavy atom. The number of rotatable bonds is 8. The van der Waals surface area contributed by atoms with Gasteiger partial charge in [-0.2, -0.15) is 0 Å². The molecular formula is C60H40N2O. The zero-order valence-electron chi connectivity index (χ0n) is 34.4. The Bertz CT molecular complexity index is 3580. The highest BCUT2D eigenvalue weighted by Gasteiger charge is 2.21. The summed E-state index contributed by atoms with van der Waals surface area (Å²) in [4.78, 5) is 2.40. The average Bonchev–Trinajstić information content (AvgIpc) is 3.90. The number of benzene rings is 10. The number of hydrogen-bond acceptors (Lipinski definition) is 2. The Morgan fingerprint density at radius 3 is 1.59 bits per heavy atom. The van der Waals surface area contributed by atoms with Gasteiger partial charge in [0.15, 0.2) is 0 Å². The molecule has 0 aliphatic carbocycles. The summed E-state index contributed by atoms with van der Waals surface area (Å²) in [7, 11) is 0. The lowest BCUT2D eigenvalue weighted by molar-refractivity contribution is 0.669. The first-order chi connectivity index (χ1) is 31.3. The molecule has 0 aliphatic heterocycles. The first kappa shape index (κ1) is 36.5. The average molecular weight is 805 g/mol. The van der Waals surface area contributed by atoms with Crippen LogP contribution in [0.4, 0.5) is 17.1 Å². The van der Waals surface area contributed by atoms with Crippen LogP contribution in [0.1, 0.15) is 0 Å². The van der Waals surface area contributed by atoms with Crippen molar-refractivity contribution in [2.45, 2.75) is 0 Å². The van der Waals surface area contributed by atoms with E-state index < -0.39 is 0 Å². The van der Waals surface area contributed by atoms with Gasteiger partial charge in [0.25, 0.3) is 0 Å². The Hall–Kier alpha value is -8.40. The number of anilines is 3. The molecule has 2 aromatic heterocycles. The summed E-state index contributed by atoms with van der Waals surface area (Å²) in [6, 6.07) is 87.1. The summed E-state index contributed by atoms with van der Waals surface area (Å²) < 4.78 is 8.83. The molecule has 0 saturated heterocycles. The van der Waals surface area contributed by atoms with E-state index in [9.17, 15) is 0 Å². The first-order valence-electron chi connectivity index (χ1n) is 21.5. The maximum absolute atomic E-state index is 6.42. The Balaban J connectivity index is 1.02. The fourth-order valence-electron chi connectivity index (χ4n) is 9.54. The van der Waals surface area contributed by atoms with Crippen LogP contribution in [0.2, 0.25) is 0 Å². The van der Waals surface area contributed by atoms with Crippen molar-refractivity contribution in [1.29, 1.82) is 0 Å². The molecule has 296 valence electrons. The maximum atomic E-state index is 6.42. The van der Waals surface area contributed by atoms with E-state index in [1.807, 2.05) is 12.1 Å². The van der Waals surface area contributed by atoms with Gasteiger partial charge in [-0.15, -0.1) is 0 Å². The predicted molar refractivity (Wildman–Crippen MR) is 264 cm³/mol. The van der Waals surface area contributed by atoms with Crippen LogP contribution in [-0.4, -0.2) is 4.57 Å². The minimum atomic E-state index is 0.876. The molecule has 63 heavy (non-hydrogen) atoms. The highest BCUT2D eigenvalue weighted by Crippen LogP contribution is 2.45. The van der Waals surface area contributed by atoms with Crippen LogP contribution in [0, 0.1) is 0 Å². The number of nitrogens with zero attached hydrogens (tertiary/aromatic N) is 2. The fourth-order valence-corrected chi connectivity index (χ4v) is 9.54. The molecule has 0 radical (unpaired) electrons. The highest BCUT2D eigenvalue weighted by molar-refractivity contribution is 6.10. The van der Waals surface area contributed by atoms with Crippen LogP contribution in [0.5, 0.6) is 0 Å². The number of aromatic nitrogens is 1. The third-order valence-electron chi connectivity index (χ3n) is 12.4. The number of furan rings is 1. The van der Waals surface area contributed by atoms with Crippen LogP contribution in [0.25, 0.3) is 93.9 Å². The second-order valence-electron chi connectivity index (χ2n) is 16.1. The van der Waals surface area contributed by atoms with Crippen LogP contribution in [0.15, 0.2) is 247 Å². The summed E-state index contributed by atoms with van der Waals surface area (Å²) in [5, 5.41) is 4.74. The Kier molecular flexibility index (Phi) is 8.83. The van der Waals surface area contributed by atoms with E-state index in [-0.39, 0.29) is 0 Å². The summed E-state index contributed by atoms with van der Waals surface area (Å²) in [6.45, 7) is 0. The molecule has 0 N–H and O–H groups in total. The van der Waals surface area contributed by atoms with Crippen molar-refractivity contribution in [2.75, 3.05) is 4.90 Å². The predicted octanol–water partition coefficient (Wildman–Crippen LogP) is 16.8. The van der Waals surface area contributed by atoms with Crippen molar-refractivity contribution in [2.24, 2.45) is 0 Å². The molecule has 0 unspecified atom stereocenters. The van der Waals surface area contributed by atoms with Crippen molar-refractivity contribution in [1.82, 2.24) is 4.57 Å². The van der Waals surface area contributed by atoms with Gasteiger partial charge in [0.1, 0.15) is 11.2 Å². The molecule has 12 rings (SSSR count). The summed E-state index contributed by atoms with van der Waals surface area (Å²) >= 11 is 0. The van der Waals surface area contributed by atoms with Gasteiger partial charge in [0.2, 0.25) is 0 Å². The van der Waals surface area contributed by atoms with Crippen LogP contribution < -0.4 is 4.90 Å². The van der Waals surface area contributed by atoms with Crippen molar-refractivity contribution in [3.63, 3.8) is 0 Å². The summed E-state index contributed by atoms with van der Waals surface area (Å²) in [5.41, 5.74) is 17.7. The SMILES string of the molecule is c1ccc(-c2ccccc2-c2cccc(N(c3ccc(-c4ccccc4-n4c5ccccc5c5ccccc54)cc3)c3ccccc3-c3ccc4c(c3)oc3ccccc34)c2)cc1. The maximum Gasteiger partial charge on any atom is 0.136 e. The van der Waals surface area contributed by atoms with Gasteiger partial charge < -0.3 is 13.9 Å². The van der Waals surface area contributed by atoms with Crippen LogP contribution in [-0.2, 0) is 0 Å². The van der Waals surface area contributed by atoms with Crippen molar-refractivity contribution >= 4 is 60.8 Å². The molecule has 0 fully saturated rings. The number of para-hydroxylation sites is 5. The van der Waals surface area contributed by atoms with Gasteiger partial charge in [0, 0.05) is 44.0 Å². The van der Waals surface area contributed by atoms with Gasteiger partial charge in [-0.3, -0.25) is 0 Å². The fraction of sp³-hybridized carbons (Fsp3) is 0. The topological polar surface area (TPSA) is 21.3 Å². The molecule has 0 amide bonds. The minimum Gasteiger partial charge on any atom is -0.456 e. The van der Waals surface area contributed by atoms with E-state index in [1.165, 1.54) is 44.1 Å². The normalized spacial score (nSPS) is 11.5. The van der Waals surface area contributed by atoms with Gasteiger partial charge in [-0.1, -0.05) is 176 Å². The molecule has 0 aliphatic rings. The lowest BCUT2D eigenvalue weighted by atomic mass is 9.94. The van der Waals surface area contributed by atoms with E-state index in [0.717, 1.165) is 66.9 Å². The van der Waals surface area contributed by atoms with Gasteiger partial charge in [0.05, 0.1) is 22.4 Å². The molecule has 3 heteroatoms. The van der Waals surface area contributed by atoms with E-state index in [4.69, 9.17) is 4.42 Å². The first-order valence-corrected chi connectivity index (χ1v) is 21.5. The zero-order valence-corrected chi connectivity index (χ0v) is 34.4. The number of fused-ring (bicyclic) bond motifs is 6. The Labute approximate surface area is 366 Å². The van der Waals surface area contributed by atoms with E-state index in [2.05, 4.69) is 240 Å². The molecule has 0 atom stereocenters. The number of hydrogen-bond donors (Lipinski definition) is 0. The quantitative estimate of drug-likeness (QED) is 0.153. The van der Waals surface area contributed by atoms with Gasteiger partial charge >= 0.3 is 0 Å². The largest absolute Gasteiger partial charge is 0.456 e. The Morgan fingerprint density at radius 2 is 0.825 bits per heavy atom. The highest BCUT2D eigenvalue weighted by atomic mass is 16.3. The molecule has 12 aromatic rings. The smallest absolute Gasteiger partial charge is 0.136 e. The third kappa shape index (κ3) is 6.29. The monoisotopic (exact) mass is 804 g/mol. The third-order valence-corrected chi connectivity index (χ3v) is 12.4. The molecular weight excluding hydrogens is 765 g/mol. The second-order valence-corrected chi connectivity index (χ2v) is 16.1. The lowest BCUT2D eigenvalue weighted by Gasteiger charge is -2.28. The van der Waals surface area contributed by atoms with Gasteiger partial charge in [-0.05, 0) is 100 Å². The zero-order chi connectivity index (χ0) is 41.7. The van der Waals surface area contributed by atoms with Gasteiger partial charge in [-0.25, -0.2) is 0 Å². The molecule has 0 spiro atoms. The standard InChI is InChI=1S/C60H40N2O/c1-2-17-41(18-3-1)47-21-4-5-22-48(47)43-19-16-20-46(39-43)61(55-28-11-7-24-50(55)44-35-38-54-53-27-10-15-32-59(53)63-60(54)40-44)45-36-33-42(34-37-45)49-23-6-12-29-56(49)62-57-30-13-8-25-51(57)52-26-9-14-31-58(52)62/h1-40H. The molecule has 2 heterocycles. The second kappa shape index (κ2) is 15.3. The van der Waals surface area contributed by atoms with Crippen molar-refractivity contribution < 1.29 is 4.42 Å². The minimum absolute atomic E-state index is 0.876. The molecule has 0 saturated carbocycles. The van der Waals surface area contributed by atoms with E-state index in [0.29, 0.717) is 0 Å². The molecule has 0 bridgehead atoms. The van der Waals surface area contributed by atoms with Crippen LogP contribution in [0.3, 0.4) is 0 Å². The molecule has 10 aromatic carbocycles. The van der Waals surface area contributed by atoms with Crippen molar-refractivity contribution in [3.05, 3.63) is 243 Å². The lowest BCUT2D eigenvalue weighted by Crippen LogP contribution is -2.11. The summed E-state index contributed by atoms with van der Waals surface area (Å²) in [6.07, 6.45) is 0.